The van der Waals surface area contributed by atoms with Gasteiger partial charge in [-0.3, -0.25) is 9.59 Å². The molecule has 0 bridgehead atoms. The third-order valence-corrected chi connectivity index (χ3v) is 5.01. The molecule has 0 heterocycles. The smallest absolute Gasteiger partial charge is 0.261 e. The van der Waals surface area contributed by atoms with Crippen molar-refractivity contribution in [1.29, 1.82) is 0 Å². The van der Waals surface area contributed by atoms with Crippen LogP contribution in [-0.4, -0.2) is 43.0 Å². The van der Waals surface area contributed by atoms with Crippen LogP contribution in [0.25, 0.3) is 0 Å². The van der Waals surface area contributed by atoms with Crippen molar-refractivity contribution in [2.24, 2.45) is 0 Å². The van der Waals surface area contributed by atoms with Crippen LogP contribution in [0.15, 0.2) is 42.5 Å². The molecule has 0 aliphatic rings. The summed E-state index contributed by atoms with van der Waals surface area (Å²) in [5.74, 6) is 0.371. The summed E-state index contributed by atoms with van der Waals surface area (Å²) < 4.78 is 10.9. The molecule has 0 spiro atoms. The summed E-state index contributed by atoms with van der Waals surface area (Å²) in [6.07, 6.45) is 0. The van der Waals surface area contributed by atoms with Crippen molar-refractivity contribution in [2.45, 2.75) is 26.4 Å². The zero-order valence-electron chi connectivity index (χ0n) is 16.6. The van der Waals surface area contributed by atoms with Crippen LogP contribution in [0.5, 0.6) is 11.5 Å². The minimum Gasteiger partial charge on any atom is -0.493 e. The molecule has 8 heteroatoms. The van der Waals surface area contributed by atoms with Crippen molar-refractivity contribution in [2.75, 3.05) is 20.3 Å². The SMILES string of the molecule is CCNC(=O)[C@H](C)N(Cc1ccc(Cl)c(Cl)c1)C(=O)COc1ccccc1OC. The van der Waals surface area contributed by atoms with E-state index >= 15 is 0 Å². The van der Waals surface area contributed by atoms with Crippen molar-refractivity contribution < 1.29 is 19.1 Å². The largest absolute Gasteiger partial charge is 0.493 e. The van der Waals surface area contributed by atoms with Gasteiger partial charge in [-0.15, -0.1) is 0 Å². The molecule has 0 saturated carbocycles. The summed E-state index contributed by atoms with van der Waals surface area (Å²) in [6, 6.07) is 11.4. The maximum Gasteiger partial charge on any atom is 0.261 e. The summed E-state index contributed by atoms with van der Waals surface area (Å²) in [6.45, 7) is 3.90. The van der Waals surface area contributed by atoms with E-state index in [4.69, 9.17) is 32.7 Å². The van der Waals surface area contributed by atoms with Gasteiger partial charge in [-0.25, -0.2) is 0 Å². The molecule has 6 nitrogen and oxygen atoms in total. The van der Waals surface area contributed by atoms with Crippen molar-refractivity contribution in [1.82, 2.24) is 10.2 Å². The number of likely N-dealkylation sites (N-methyl/N-ethyl adjacent to an activating group) is 1. The van der Waals surface area contributed by atoms with Crippen LogP contribution in [0.4, 0.5) is 0 Å². The van der Waals surface area contributed by atoms with E-state index in [0.717, 1.165) is 5.56 Å². The zero-order valence-corrected chi connectivity index (χ0v) is 18.1. The van der Waals surface area contributed by atoms with Crippen molar-refractivity contribution in [3.8, 4) is 11.5 Å². The molecule has 0 radical (unpaired) electrons. The molecule has 0 fully saturated rings. The average Bonchev–Trinajstić information content (AvgIpc) is 2.72. The first kappa shape index (κ1) is 22.8. The van der Waals surface area contributed by atoms with Crippen LogP contribution in [0, 0.1) is 0 Å². The molecule has 2 amide bonds. The van der Waals surface area contributed by atoms with Gasteiger partial charge in [-0.1, -0.05) is 41.4 Å². The van der Waals surface area contributed by atoms with E-state index in [2.05, 4.69) is 5.32 Å². The van der Waals surface area contributed by atoms with Crippen molar-refractivity contribution in [3.05, 3.63) is 58.1 Å². The minimum atomic E-state index is -0.696. The highest BCUT2D eigenvalue weighted by atomic mass is 35.5. The van der Waals surface area contributed by atoms with Gasteiger partial charge in [-0.05, 0) is 43.7 Å². The Labute approximate surface area is 180 Å². The standard InChI is InChI=1S/C21H24Cl2N2O4/c1-4-24-21(27)14(2)25(12-15-9-10-16(22)17(23)11-15)20(26)13-29-19-8-6-5-7-18(19)28-3/h5-11,14H,4,12-13H2,1-3H3,(H,24,27)/t14-/m0/s1. The van der Waals surface area contributed by atoms with E-state index in [-0.39, 0.29) is 25.0 Å². The molecule has 2 aromatic rings. The molecule has 156 valence electrons. The monoisotopic (exact) mass is 438 g/mol. The first-order chi connectivity index (χ1) is 13.9. The maximum absolute atomic E-state index is 12.9. The van der Waals surface area contributed by atoms with E-state index in [1.54, 1.807) is 49.4 Å². The molecule has 29 heavy (non-hydrogen) atoms. The highest BCUT2D eigenvalue weighted by Gasteiger charge is 2.26. The number of hydrogen-bond acceptors (Lipinski definition) is 4. The molecular formula is C21H24Cl2N2O4. The molecule has 2 rings (SSSR count). The number of halogens is 2. The zero-order chi connectivity index (χ0) is 21.4. The number of para-hydroxylation sites is 2. The van der Waals surface area contributed by atoms with E-state index in [9.17, 15) is 9.59 Å². The Bertz CT molecular complexity index is 860. The number of methoxy groups -OCH3 is 1. The normalized spacial score (nSPS) is 11.5. The predicted octanol–water partition coefficient (Wildman–Crippen LogP) is 3.93. The number of amides is 2. The molecule has 1 N–H and O–H groups in total. The second-order valence-corrected chi connectivity index (χ2v) is 7.09. The number of nitrogens with zero attached hydrogens (tertiary/aromatic N) is 1. The van der Waals surface area contributed by atoms with Crippen molar-refractivity contribution >= 4 is 35.0 Å². The lowest BCUT2D eigenvalue weighted by atomic mass is 10.1. The molecule has 2 aromatic carbocycles. The van der Waals surface area contributed by atoms with E-state index in [1.807, 2.05) is 6.92 Å². The molecule has 0 aromatic heterocycles. The third kappa shape index (κ3) is 6.27. The molecule has 0 saturated heterocycles. The fraction of sp³-hybridized carbons (Fsp3) is 0.333. The molecule has 0 aliphatic heterocycles. The fourth-order valence-electron chi connectivity index (χ4n) is 2.70. The first-order valence-electron chi connectivity index (χ1n) is 9.14. The number of ether oxygens (including phenoxy) is 2. The van der Waals surface area contributed by atoms with Gasteiger partial charge in [0, 0.05) is 13.1 Å². The highest BCUT2D eigenvalue weighted by molar-refractivity contribution is 6.42. The predicted molar refractivity (Wildman–Crippen MR) is 114 cm³/mol. The molecule has 0 aliphatic carbocycles. The summed E-state index contributed by atoms with van der Waals surface area (Å²) >= 11 is 12.1. The summed E-state index contributed by atoms with van der Waals surface area (Å²) in [5.41, 5.74) is 0.751. The lowest BCUT2D eigenvalue weighted by molar-refractivity contribution is -0.142. The Morgan fingerprint density at radius 1 is 1.10 bits per heavy atom. The Morgan fingerprint density at radius 2 is 1.79 bits per heavy atom. The van der Waals surface area contributed by atoms with Crippen molar-refractivity contribution in [3.63, 3.8) is 0 Å². The second-order valence-electron chi connectivity index (χ2n) is 6.28. The van der Waals surface area contributed by atoms with Crippen LogP contribution in [-0.2, 0) is 16.1 Å². The number of carbonyl (C=O) groups excluding carboxylic acids is 2. The Hall–Kier alpha value is -2.44. The van der Waals surface area contributed by atoms with Gasteiger partial charge in [0.1, 0.15) is 6.04 Å². The Kier molecular flexibility index (Phi) is 8.61. The quantitative estimate of drug-likeness (QED) is 0.643. The summed E-state index contributed by atoms with van der Waals surface area (Å²) in [7, 11) is 1.53. The molecule has 1 atom stereocenters. The molecular weight excluding hydrogens is 415 g/mol. The second kappa shape index (κ2) is 10.9. The van der Waals surface area contributed by atoms with Crippen LogP contribution < -0.4 is 14.8 Å². The van der Waals surface area contributed by atoms with Crippen LogP contribution in [0.2, 0.25) is 10.0 Å². The number of nitrogens with one attached hydrogen (secondary N) is 1. The van der Waals surface area contributed by atoms with Gasteiger partial charge in [-0.2, -0.15) is 0 Å². The fourth-order valence-corrected chi connectivity index (χ4v) is 3.02. The van der Waals surface area contributed by atoms with Crippen LogP contribution >= 0.6 is 23.2 Å². The van der Waals surface area contributed by atoms with E-state index in [0.29, 0.717) is 28.1 Å². The number of carbonyl (C=O) groups is 2. The maximum atomic E-state index is 12.9. The van der Waals surface area contributed by atoms with E-state index < -0.39 is 6.04 Å². The van der Waals surface area contributed by atoms with Crippen LogP contribution in [0.3, 0.4) is 0 Å². The summed E-state index contributed by atoms with van der Waals surface area (Å²) in [5, 5.41) is 3.54. The Morgan fingerprint density at radius 3 is 2.41 bits per heavy atom. The number of rotatable bonds is 9. The highest BCUT2D eigenvalue weighted by Crippen LogP contribution is 2.26. The lowest BCUT2D eigenvalue weighted by Crippen LogP contribution is -2.49. The van der Waals surface area contributed by atoms with Gasteiger partial charge in [0.2, 0.25) is 5.91 Å². The number of hydrogen-bond donors (Lipinski definition) is 1. The third-order valence-electron chi connectivity index (χ3n) is 4.28. The van der Waals surface area contributed by atoms with Gasteiger partial charge in [0.15, 0.2) is 18.1 Å². The summed E-state index contributed by atoms with van der Waals surface area (Å²) in [4.78, 5) is 26.7. The number of benzene rings is 2. The Balaban J connectivity index is 2.19. The van der Waals surface area contributed by atoms with Gasteiger partial charge >= 0.3 is 0 Å². The molecule has 0 unspecified atom stereocenters. The minimum absolute atomic E-state index is 0.184. The first-order valence-corrected chi connectivity index (χ1v) is 9.89. The van der Waals surface area contributed by atoms with Gasteiger partial charge < -0.3 is 19.7 Å². The van der Waals surface area contributed by atoms with Gasteiger partial charge in [0.05, 0.1) is 17.2 Å². The average molecular weight is 439 g/mol. The van der Waals surface area contributed by atoms with E-state index in [1.165, 1.54) is 12.0 Å². The lowest BCUT2D eigenvalue weighted by Gasteiger charge is -2.28. The van der Waals surface area contributed by atoms with Crippen LogP contribution in [0.1, 0.15) is 19.4 Å². The topological polar surface area (TPSA) is 67.9 Å². The van der Waals surface area contributed by atoms with Gasteiger partial charge in [0.25, 0.3) is 5.91 Å².